The van der Waals surface area contributed by atoms with Gasteiger partial charge in [-0.25, -0.2) is 4.98 Å². The first kappa shape index (κ1) is 12.2. The van der Waals surface area contributed by atoms with Crippen molar-refractivity contribution in [2.75, 3.05) is 11.1 Å². The number of nitrogens with zero attached hydrogens (tertiary/aromatic N) is 1. The SMILES string of the molecule is Cc1nc(CNc2ccc(N)cc2I)oc1C. The highest BCUT2D eigenvalue weighted by Crippen LogP contribution is 2.21. The summed E-state index contributed by atoms with van der Waals surface area (Å²) in [4.78, 5) is 4.32. The molecule has 0 saturated heterocycles. The van der Waals surface area contributed by atoms with Crippen LogP contribution in [0.3, 0.4) is 0 Å². The summed E-state index contributed by atoms with van der Waals surface area (Å²) in [6.07, 6.45) is 0. The molecule has 0 saturated carbocycles. The molecule has 0 amide bonds. The first-order valence-corrected chi connectivity index (χ1v) is 6.36. The van der Waals surface area contributed by atoms with Crippen LogP contribution in [0.4, 0.5) is 11.4 Å². The van der Waals surface area contributed by atoms with Gasteiger partial charge in [-0.05, 0) is 54.6 Å². The zero-order valence-corrected chi connectivity index (χ0v) is 11.9. The molecule has 90 valence electrons. The number of benzene rings is 1. The Hall–Kier alpha value is -1.24. The van der Waals surface area contributed by atoms with E-state index in [4.69, 9.17) is 10.2 Å². The lowest BCUT2D eigenvalue weighted by molar-refractivity contribution is 0.478. The van der Waals surface area contributed by atoms with Crippen LogP contribution in [0, 0.1) is 17.4 Å². The molecule has 5 heteroatoms. The zero-order chi connectivity index (χ0) is 12.4. The first-order chi connectivity index (χ1) is 8.06. The molecule has 2 rings (SSSR count). The van der Waals surface area contributed by atoms with Gasteiger partial charge in [0.2, 0.25) is 5.89 Å². The lowest BCUT2D eigenvalue weighted by Gasteiger charge is -2.06. The molecule has 0 aliphatic carbocycles. The predicted octanol–water partition coefficient (Wildman–Crippen LogP) is 3.09. The van der Waals surface area contributed by atoms with Crippen LogP contribution in [0.25, 0.3) is 0 Å². The number of aromatic nitrogens is 1. The molecular weight excluding hydrogens is 329 g/mol. The third-order valence-corrected chi connectivity index (χ3v) is 3.39. The van der Waals surface area contributed by atoms with Crippen molar-refractivity contribution >= 4 is 34.0 Å². The standard InChI is InChI=1S/C12H14IN3O/c1-7-8(2)17-12(16-7)6-15-11-4-3-9(14)5-10(11)13/h3-5,15H,6,14H2,1-2H3. The number of rotatable bonds is 3. The molecule has 3 N–H and O–H groups in total. The van der Waals surface area contributed by atoms with Crippen molar-refractivity contribution in [2.24, 2.45) is 0 Å². The van der Waals surface area contributed by atoms with Crippen molar-refractivity contribution in [3.63, 3.8) is 0 Å². The van der Waals surface area contributed by atoms with E-state index in [0.717, 1.165) is 26.4 Å². The fourth-order valence-corrected chi connectivity index (χ4v) is 2.19. The molecule has 1 heterocycles. The van der Waals surface area contributed by atoms with Gasteiger partial charge in [0.1, 0.15) is 5.76 Å². The van der Waals surface area contributed by atoms with E-state index in [1.54, 1.807) is 0 Å². The Balaban J connectivity index is 2.07. The third-order valence-electron chi connectivity index (χ3n) is 2.50. The molecule has 0 aliphatic rings. The number of halogens is 1. The van der Waals surface area contributed by atoms with Gasteiger partial charge in [0, 0.05) is 14.9 Å². The van der Waals surface area contributed by atoms with Crippen molar-refractivity contribution in [3.8, 4) is 0 Å². The largest absolute Gasteiger partial charge is 0.444 e. The topological polar surface area (TPSA) is 64.1 Å². The minimum absolute atomic E-state index is 0.578. The highest BCUT2D eigenvalue weighted by atomic mass is 127. The Kier molecular flexibility index (Phi) is 3.56. The van der Waals surface area contributed by atoms with Crippen LogP contribution in [-0.2, 0) is 6.54 Å². The Labute approximate surface area is 114 Å². The second kappa shape index (κ2) is 4.95. The Morgan fingerprint density at radius 2 is 2.18 bits per heavy atom. The van der Waals surface area contributed by atoms with Gasteiger partial charge in [-0.3, -0.25) is 0 Å². The Morgan fingerprint density at radius 3 is 2.76 bits per heavy atom. The average molecular weight is 343 g/mol. The van der Waals surface area contributed by atoms with Gasteiger partial charge in [-0.2, -0.15) is 0 Å². The van der Waals surface area contributed by atoms with Gasteiger partial charge in [-0.1, -0.05) is 0 Å². The van der Waals surface area contributed by atoms with Gasteiger partial charge in [0.15, 0.2) is 0 Å². The highest BCUT2D eigenvalue weighted by molar-refractivity contribution is 14.1. The van der Waals surface area contributed by atoms with Crippen LogP contribution in [-0.4, -0.2) is 4.98 Å². The maximum absolute atomic E-state index is 5.69. The summed E-state index contributed by atoms with van der Waals surface area (Å²) in [5, 5.41) is 3.28. The lowest BCUT2D eigenvalue weighted by atomic mass is 10.3. The van der Waals surface area contributed by atoms with E-state index in [1.807, 2.05) is 32.0 Å². The van der Waals surface area contributed by atoms with Crippen molar-refractivity contribution in [3.05, 3.63) is 39.1 Å². The molecule has 0 unspecified atom stereocenters. The lowest BCUT2D eigenvalue weighted by Crippen LogP contribution is -2.01. The number of aryl methyl sites for hydroxylation is 2. The summed E-state index contributed by atoms with van der Waals surface area (Å²) in [5.41, 5.74) is 8.44. The van der Waals surface area contributed by atoms with Crippen LogP contribution in [0.1, 0.15) is 17.3 Å². The van der Waals surface area contributed by atoms with Gasteiger partial charge in [0.25, 0.3) is 0 Å². The monoisotopic (exact) mass is 343 g/mol. The minimum atomic E-state index is 0.578. The molecule has 0 radical (unpaired) electrons. The molecule has 0 fully saturated rings. The van der Waals surface area contributed by atoms with E-state index in [2.05, 4.69) is 32.9 Å². The molecule has 0 atom stereocenters. The number of nitrogen functional groups attached to an aromatic ring is 1. The molecule has 1 aromatic heterocycles. The number of hydrogen-bond acceptors (Lipinski definition) is 4. The zero-order valence-electron chi connectivity index (χ0n) is 9.75. The summed E-state index contributed by atoms with van der Waals surface area (Å²) >= 11 is 2.25. The van der Waals surface area contributed by atoms with Gasteiger partial charge in [-0.15, -0.1) is 0 Å². The second-order valence-corrected chi connectivity index (χ2v) is 5.00. The molecule has 4 nitrogen and oxygen atoms in total. The van der Waals surface area contributed by atoms with Crippen molar-refractivity contribution in [1.82, 2.24) is 4.98 Å². The smallest absolute Gasteiger partial charge is 0.213 e. The Morgan fingerprint density at radius 1 is 1.41 bits per heavy atom. The second-order valence-electron chi connectivity index (χ2n) is 3.84. The first-order valence-electron chi connectivity index (χ1n) is 5.28. The number of nitrogens with one attached hydrogen (secondary N) is 1. The highest BCUT2D eigenvalue weighted by Gasteiger charge is 2.06. The normalized spacial score (nSPS) is 10.5. The predicted molar refractivity (Wildman–Crippen MR) is 76.9 cm³/mol. The van der Waals surface area contributed by atoms with Gasteiger partial charge in [0.05, 0.1) is 12.2 Å². The van der Waals surface area contributed by atoms with Gasteiger partial charge < -0.3 is 15.5 Å². The van der Waals surface area contributed by atoms with Crippen molar-refractivity contribution < 1.29 is 4.42 Å². The summed E-state index contributed by atoms with van der Waals surface area (Å²) in [7, 11) is 0. The van der Waals surface area contributed by atoms with E-state index in [1.165, 1.54) is 0 Å². The molecule has 17 heavy (non-hydrogen) atoms. The van der Waals surface area contributed by atoms with E-state index >= 15 is 0 Å². The van der Waals surface area contributed by atoms with E-state index in [0.29, 0.717) is 12.4 Å². The molecule has 0 aliphatic heterocycles. The fourth-order valence-electron chi connectivity index (χ4n) is 1.46. The molecule has 2 aromatic rings. The summed E-state index contributed by atoms with van der Waals surface area (Å²) in [5.74, 6) is 1.57. The number of anilines is 2. The fraction of sp³-hybridized carbons (Fsp3) is 0.250. The summed E-state index contributed by atoms with van der Waals surface area (Å²) in [6, 6.07) is 5.76. The third kappa shape index (κ3) is 2.91. The molecule has 0 bridgehead atoms. The molecule has 0 spiro atoms. The Bertz CT molecular complexity index is 517. The van der Waals surface area contributed by atoms with Gasteiger partial charge >= 0.3 is 0 Å². The number of nitrogens with two attached hydrogens (primary N) is 1. The maximum atomic E-state index is 5.69. The van der Waals surface area contributed by atoms with Crippen LogP contribution >= 0.6 is 22.6 Å². The molecule has 1 aromatic carbocycles. The maximum Gasteiger partial charge on any atom is 0.213 e. The number of hydrogen-bond donors (Lipinski definition) is 2. The minimum Gasteiger partial charge on any atom is -0.444 e. The van der Waals surface area contributed by atoms with E-state index < -0.39 is 0 Å². The van der Waals surface area contributed by atoms with Crippen LogP contribution in [0.15, 0.2) is 22.6 Å². The van der Waals surface area contributed by atoms with E-state index in [-0.39, 0.29) is 0 Å². The summed E-state index contributed by atoms with van der Waals surface area (Å²) in [6.45, 7) is 4.43. The quantitative estimate of drug-likeness (QED) is 0.664. The van der Waals surface area contributed by atoms with Crippen LogP contribution in [0.5, 0.6) is 0 Å². The van der Waals surface area contributed by atoms with Crippen molar-refractivity contribution in [2.45, 2.75) is 20.4 Å². The molecular formula is C12H14IN3O. The van der Waals surface area contributed by atoms with Crippen LogP contribution < -0.4 is 11.1 Å². The van der Waals surface area contributed by atoms with E-state index in [9.17, 15) is 0 Å². The van der Waals surface area contributed by atoms with Crippen LogP contribution in [0.2, 0.25) is 0 Å². The summed E-state index contributed by atoms with van der Waals surface area (Å²) < 4.78 is 6.58. The van der Waals surface area contributed by atoms with Crippen molar-refractivity contribution in [1.29, 1.82) is 0 Å². The average Bonchev–Trinajstić information content (AvgIpc) is 2.57. The number of oxazole rings is 1.